The molecule has 78 valence electrons. The monoisotopic (exact) mass is 197 g/mol. The van der Waals surface area contributed by atoms with Crippen LogP contribution >= 0.6 is 0 Å². The van der Waals surface area contributed by atoms with Crippen LogP contribution in [-0.2, 0) is 9.53 Å². The molecule has 1 heterocycles. The fourth-order valence-electron chi connectivity index (χ4n) is 1.25. The van der Waals surface area contributed by atoms with Gasteiger partial charge in [0.1, 0.15) is 18.2 Å². The number of H-pyrrole nitrogens is 1. The lowest BCUT2D eigenvalue weighted by atomic mass is 9.82. The summed E-state index contributed by atoms with van der Waals surface area (Å²) in [7, 11) is 1.55. The van der Waals surface area contributed by atoms with Crippen molar-refractivity contribution in [1.29, 1.82) is 0 Å². The number of aromatic nitrogens is 3. The smallest absolute Gasteiger partial charge is 0.180 e. The van der Waals surface area contributed by atoms with E-state index >= 15 is 0 Å². The van der Waals surface area contributed by atoms with E-state index in [0.29, 0.717) is 5.82 Å². The number of hydrogen-bond donors (Lipinski definition) is 1. The number of carbonyl (C=O) groups excluding carboxylic acids is 1. The van der Waals surface area contributed by atoms with Crippen LogP contribution in [0.2, 0.25) is 0 Å². The maximum atomic E-state index is 11.4. The predicted octanol–water partition coefficient (Wildman–Crippen LogP) is 1.11. The molecule has 0 amide bonds. The first-order valence-electron chi connectivity index (χ1n) is 4.39. The molecule has 1 atom stereocenters. The van der Waals surface area contributed by atoms with Crippen molar-refractivity contribution in [3.8, 4) is 0 Å². The van der Waals surface area contributed by atoms with Crippen molar-refractivity contribution in [3.63, 3.8) is 0 Å². The molecule has 0 spiro atoms. The zero-order valence-electron chi connectivity index (χ0n) is 8.87. The summed E-state index contributed by atoms with van der Waals surface area (Å²) in [5, 5.41) is 6.53. The molecular weight excluding hydrogens is 182 g/mol. The lowest BCUT2D eigenvalue weighted by Crippen LogP contribution is -2.31. The third-order valence-electron chi connectivity index (χ3n) is 2.47. The van der Waals surface area contributed by atoms with Crippen LogP contribution in [0.25, 0.3) is 0 Å². The molecule has 0 aliphatic rings. The van der Waals surface area contributed by atoms with Crippen LogP contribution in [0.3, 0.4) is 0 Å². The van der Waals surface area contributed by atoms with Crippen LogP contribution in [0.1, 0.15) is 32.7 Å². The molecule has 0 saturated heterocycles. The second-order valence-corrected chi connectivity index (χ2v) is 3.75. The number of carbonyl (C=O) groups is 1. The predicted molar refractivity (Wildman–Crippen MR) is 50.6 cm³/mol. The SMILES string of the molecule is COC(c1nc[nH]n1)C(C)(C)C(C)=O. The first kappa shape index (κ1) is 10.8. The summed E-state index contributed by atoms with van der Waals surface area (Å²) in [4.78, 5) is 15.4. The van der Waals surface area contributed by atoms with Gasteiger partial charge in [-0.25, -0.2) is 4.98 Å². The summed E-state index contributed by atoms with van der Waals surface area (Å²) < 4.78 is 5.25. The van der Waals surface area contributed by atoms with Gasteiger partial charge in [-0.15, -0.1) is 0 Å². The Balaban J connectivity index is 2.98. The van der Waals surface area contributed by atoms with Crippen LogP contribution in [0.15, 0.2) is 6.33 Å². The molecular formula is C9H15N3O2. The minimum Gasteiger partial charge on any atom is -0.372 e. The van der Waals surface area contributed by atoms with Gasteiger partial charge in [-0.05, 0) is 20.8 Å². The summed E-state index contributed by atoms with van der Waals surface area (Å²) in [6.45, 7) is 5.18. The van der Waals surface area contributed by atoms with E-state index in [-0.39, 0.29) is 5.78 Å². The number of ether oxygens (including phenoxy) is 1. The Hall–Kier alpha value is -1.23. The molecule has 5 heteroatoms. The second-order valence-electron chi connectivity index (χ2n) is 3.75. The zero-order chi connectivity index (χ0) is 10.8. The van der Waals surface area contributed by atoms with Gasteiger partial charge in [0.25, 0.3) is 0 Å². The van der Waals surface area contributed by atoms with E-state index in [9.17, 15) is 4.79 Å². The lowest BCUT2D eigenvalue weighted by Gasteiger charge is -2.28. The normalized spacial score (nSPS) is 14.0. The summed E-state index contributed by atoms with van der Waals surface area (Å²) in [5.74, 6) is 0.557. The summed E-state index contributed by atoms with van der Waals surface area (Å²) >= 11 is 0. The molecule has 1 rings (SSSR count). The average molecular weight is 197 g/mol. The maximum absolute atomic E-state index is 11.4. The van der Waals surface area contributed by atoms with E-state index in [2.05, 4.69) is 15.2 Å². The zero-order valence-corrected chi connectivity index (χ0v) is 8.87. The Morgan fingerprint density at radius 3 is 2.64 bits per heavy atom. The molecule has 1 N–H and O–H groups in total. The standard InChI is InChI=1S/C9H15N3O2/c1-6(13)9(2,3)7(14-4)8-10-5-11-12-8/h5,7H,1-4H3,(H,10,11,12). The molecule has 14 heavy (non-hydrogen) atoms. The molecule has 5 nitrogen and oxygen atoms in total. The van der Waals surface area contributed by atoms with Crippen LogP contribution in [-0.4, -0.2) is 28.1 Å². The van der Waals surface area contributed by atoms with E-state index < -0.39 is 11.5 Å². The molecule has 0 fully saturated rings. The molecule has 0 aliphatic heterocycles. The van der Waals surface area contributed by atoms with Crippen LogP contribution in [0, 0.1) is 5.41 Å². The number of aromatic amines is 1. The highest BCUT2D eigenvalue weighted by Gasteiger charge is 2.37. The average Bonchev–Trinajstić information content (AvgIpc) is 2.57. The van der Waals surface area contributed by atoms with E-state index in [1.165, 1.54) is 6.33 Å². The van der Waals surface area contributed by atoms with Gasteiger partial charge in [-0.3, -0.25) is 9.89 Å². The van der Waals surface area contributed by atoms with Crippen LogP contribution in [0.4, 0.5) is 0 Å². The third kappa shape index (κ3) is 1.82. The number of hydrogen-bond acceptors (Lipinski definition) is 4. The second kappa shape index (κ2) is 3.88. The van der Waals surface area contributed by atoms with Gasteiger partial charge in [-0.2, -0.15) is 5.10 Å². The minimum absolute atomic E-state index is 0.0501. The first-order chi connectivity index (χ1) is 6.50. The fourth-order valence-corrected chi connectivity index (χ4v) is 1.25. The highest BCUT2D eigenvalue weighted by Crippen LogP contribution is 2.34. The Labute approximate surface area is 82.9 Å². The first-order valence-corrected chi connectivity index (χ1v) is 4.39. The molecule has 1 aromatic heterocycles. The lowest BCUT2D eigenvalue weighted by molar-refractivity contribution is -0.133. The van der Waals surface area contributed by atoms with Crippen molar-refractivity contribution in [2.45, 2.75) is 26.9 Å². The Morgan fingerprint density at radius 1 is 1.64 bits per heavy atom. The van der Waals surface area contributed by atoms with Crippen LogP contribution in [0.5, 0.6) is 0 Å². The Bertz CT molecular complexity index is 306. The number of nitrogens with one attached hydrogen (secondary N) is 1. The van der Waals surface area contributed by atoms with Gasteiger partial charge >= 0.3 is 0 Å². The van der Waals surface area contributed by atoms with E-state index in [1.807, 2.05) is 13.8 Å². The highest BCUT2D eigenvalue weighted by molar-refractivity contribution is 5.82. The number of ketones is 1. The molecule has 1 aromatic rings. The minimum atomic E-state index is -0.614. The molecule has 0 saturated carbocycles. The maximum Gasteiger partial charge on any atom is 0.180 e. The van der Waals surface area contributed by atoms with E-state index in [4.69, 9.17) is 4.74 Å². The number of Topliss-reactive ketones (excluding diaryl/α,β-unsaturated/α-hetero) is 1. The van der Waals surface area contributed by atoms with Gasteiger partial charge < -0.3 is 4.74 Å². The Morgan fingerprint density at radius 2 is 2.29 bits per heavy atom. The van der Waals surface area contributed by atoms with Gasteiger partial charge in [-0.1, -0.05) is 0 Å². The van der Waals surface area contributed by atoms with Crippen molar-refractivity contribution >= 4 is 5.78 Å². The third-order valence-corrected chi connectivity index (χ3v) is 2.47. The topological polar surface area (TPSA) is 67.9 Å². The molecule has 0 aliphatic carbocycles. The van der Waals surface area contributed by atoms with Gasteiger partial charge in [0.05, 0.1) is 5.41 Å². The van der Waals surface area contributed by atoms with E-state index in [0.717, 1.165) is 0 Å². The van der Waals surface area contributed by atoms with E-state index in [1.54, 1.807) is 14.0 Å². The quantitative estimate of drug-likeness (QED) is 0.785. The Kier molecular flexibility index (Phi) is 3.00. The van der Waals surface area contributed by atoms with Crippen molar-refractivity contribution in [1.82, 2.24) is 15.2 Å². The van der Waals surface area contributed by atoms with Gasteiger partial charge in [0.2, 0.25) is 0 Å². The largest absolute Gasteiger partial charge is 0.372 e. The van der Waals surface area contributed by atoms with Crippen LogP contribution < -0.4 is 0 Å². The number of methoxy groups -OCH3 is 1. The summed E-state index contributed by atoms with van der Waals surface area (Å²) in [6, 6.07) is 0. The number of rotatable bonds is 4. The van der Waals surface area contributed by atoms with Crippen molar-refractivity contribution in [2.24, 2.45) is 5.41 Å². The molecule has 0 aromatic carbocycles. The fraction of sp³-hybridized carbons (Fsp3) is 0.667. The van der Waals surface area contributed by atoms with Crippen molar-refractivity contribution in [2.75, 3.05) is 7.11 Å². The molecule has 0 radical (unpaired) electrons. The van der Waals surface area contributed by atoms with Gasteiger partial charge in [0.15, 0.2) is 5.82 Å². The highest BCUT2D eigenvalue weighted by atomic mass is 16.5. The van der Waals surface area contributed by atoms with Gasteiger partial charge in [0, 0.05) is 7.11 Å². The molecule has 1 unspecified atom stereocenters. The summed E-state index contributed by atoms with van der Waals surface area (Å²) in [5.41, 5.74) is -0.614. The number of nitrogens with zero attached hydrogens (tertiary/aromatic N) is 2. The van der Waals surface area contributed by atoms with Crippen molar-refractivity contribution < 1.29 is 9.53 Å². The summed E-state index contributed by atoms with van der Waals surface area (Å²) in [6.07, 6.45) is 1.06. The molecule has 0 bridgehead atoms. The van der Waals surface area contributed by atoms with Crippen molar-refractivity contribution in [3.05, 3.63) is 12.2 Å².